The number of rotatable bonds is 7. The third-order valence-corrected chi connectivity index (χ3v) is 3.88. The van der Waals surface area contributed by atoms with Crippen molar-refractivity contribution in [3.8, 4) is 16.9 Å². The van der Waals surface area contributed by atoms with Crippen LogP contribution in [0, 0.1) is 6.92 Å². The number of nitrogens with zero attached hydrogens (tertiary/aromatic N) is 1. The fraction of sp³-hybridized carbons (Fsp3) is 0.368. The predicted molar refractivity (Wildman–Crippen MR) is 89.9 cm³/mol. The van der Waals surface area contributed by atoms with E-state index in [1.807, 2.05) is 0 Å². The van der Waals surface area contributed by atoms with Gasteiger partial charge in [0.2, 0.25) is 0 Å². The summed E-state index contributed by atoms with van der Waals surface area (Å²) in [4.78, 5) is 2.36. The molecule has 0 saturated heterocycles. The minimum Gasteiger partial charge on any atom is -0.492 e. The molecule has 0 atom stereocenters. The SMILES string of the molecule is CCN(CC)CCOc1ccc(-c2ccccc2C)cc1. The summed E-state index contributed by atoms with van der Waals surface area (Å²) in [5.41, 5.74) is 3.82. The molecule has 0 radical (unpaired) electrons. The van der Waals surface area contributed by atoms with E-state index in [0.29, 0.717) is 0 Å². The van der Waals surface area contributed by atoms with Crippen molar-refractivity contribution in [2.45, 2.75) is 20.8 Å². The van der Waals surface area contributed by atoms with Crippen molar-refractivity contribution in [1.29, 1.82) is 0 Å². The second-order valence-electron chi connectivity index (χ2n) is 5.21. The zero-order chi connectivity index (χ0) is 15.1. The Kier molecular flexibility index (Phi) is 5.82. The van der Waals surface area contributed by atoms with E-state index < -0.39 is 0 Å². The number of aryl methyl sites for hydroxylation is 1. The Morgan fingerprint density at radius 2 is 1.57 bits per heavy atom. The minimum absolute atomic E-state index is 0.741. The molecule has 0 amide bonds. The van der Waals surface area contributed by atoms with Crippen molar-refractivity contribution in [2.24, 2.45) is 0 Å². The minimum atomic E-state index is 0.741. The lowest BCUT2D eigenvalue weighted by atomic mass is 10.0. The highest BCUT2D eigenvalue weighted by Crippen LogP contribution is 2.25. The Balaban J connectivity index is 1.95. The normalized spacial score (nSPS) is 10.9. The molecular formula is C19H25NO. The number of hydrogen-bond acceptors (Lipinski definition) is 2. The molecule has 0 aromatic heterocycles. The van der Waals surface area contributed by atoms with Gasteiger partial charge < -0.3 is 9.64 Å². The first-order valence-corrected chi connectivity index (χ1v) is 7.75. The van der Waals surface area contributed by atoms with Gasteiger partial charge in [-0.2, -0.15) is 0 Å². The molecule has 21 heavy (non-hydrogen) atoms. The van der Waals surface area contributed by atoms with Crippen LogP contribution in [0.3, 0.4) is 0 Å². The molecule has 2 aromatic carbocycles. The van der Waals surface area contributed by atoms with Gasteiger partial charge >= 0.3 is 0 Å². The first-order chi connectivity index (χ1) is 10.2. The van der Waals surface area contributed by atoms with Crippen molar-refractivity contribution in [3.05, 3.63) is 54.1 Å². The Morgan fingerprint density at radius 1 is 0.905 bits per heavy atom. The molecule has 112 valence electrons. The van der Waals surface area contributed by atoms with Gasteiger partial charge in [0.15, 0.2) is 0 Å². The number of benzene rings is 2. The molecule has 0 saturated carbocycles. The zero-order valence-electron chi connectivity index (χ0n) is 13.3. The maximum atomic E-state index is 5.82. The highest BCUT2D eigenvalue weighted by Gasteiger charge is 2.02. The highest BCUT2D eigenvalue weighted by molar-refractivity contribution is 5.67. The van der Waals surface area contributed by atoms with E-state index in [4.69, 9.17) is 4.74 Å². The Morgan fingerprint density at radius 3 is 2.19 bits per heavy atom. The monoisotopic (exact) mass is 283 g/mol. The number of likely N-dealkylation sites (N-methyl/N-ethyl adjacent to an activating group) is 1. The molecule has 0 spiro atoms. The predicted octanol–water partition coefficient (Wildman–Crippen LogP) is 4.38. The summed E-state index contributed by atoms with van der Waals surface area (Å²) in [6.07, 6.45) is 0. The fourth-order valence-corrected chi connectivity index (χ4v) is 2.46. The Labute approximate surface area is 128 Å². The van der Waals surface area contributed by atoms with E-state index in [0.717, 1.165) is 32.0 Å². The van der Waals surface area contributed by atoms with Crippen molar-refractivity contribution in [1.82, 2.24) is 4.90 Å². The summed E-state index contributed by atoms with van der Waals surface area (Å²) < 4.78 is 5.82. The van der Waals surface area contributed by atoms with Crippen molar-refractivity contribution in [2.75, 3.05) is 26.2 Å². The second-order valence-corrected chi connectivity index (χ2v) is 5.21. The summed E-state index contributed by atoms with van der Waals surface area (Å²) in [6, 6.07) is 16.8. The van der Waals surface area contributed by atoms with Crippen molar-refractivity contribution < 1.29 is 4.74 Å². The standard InChI is InChI=1S/C19H25NO/c1-4-20(5-2)14-15-21-18-12-10-17(11-13-18)19-9-7-6-8-16(19)3/h6-13H,4-5,14-15H2,1-3H3. The molecule has 0 unspecified atom stereocenters. The van der Waals surface area contributed by atoms with Crippen LogP contribution < -0.4 is 4.74 Å². The quantitative estimate of drug-likeness (QED) is 0.747. The fourth-order valence-electron chi connectivity index (χ4n) is 2.46. The molecule has 0 N–H and O–H groups in total. The lowest BCUT2D eigenvalue weighted by Crippen LogP contribution is -2.27. The third-order valence-electron chi connectivity index (χ3n) is 3.88. The van der Waals surface area contributed by atoms with Gasteiger partial charge in [0.25, 0.3) is 0 Å². The second kappa shape index (κ2) is 7.84. The van der Waals surface area contributed by atoms with Crippen LogP contribution in [-0.2, 0) is 0 Å². The van der Waals surface area contributed by atoms with E-state index in [-0.39, 0.29) is 0 Å². The molecule has 0 aliphatic heterocycles. The Bertz CT molecular complexity index is 544. The number of ether oxygens (including phenoxy) is 1. The van der Waals surface area contributed by atoms with E-state index in [1.165, 1.54) is 16.7 Å². The smallest absolute Gasteiger partial charge is 0.119 e. The molecule has 2 heteroatoms. The maximum absolute atomic E-state index is 5.82. The van der Waals surface area contributed by atoms with Gasteiger partial charge in [-0.15, -0.1) is 0 Å². The first kappa shape index (κ1) is 15.6. The molecule has 0 aliphatic carbocycles. The molecule has 0 heterocycles. The largest absolute Gasteiger partial charge is 0.492 e. The van der Waals surface area contributed by atoms with Crippen LogP contribution in [0.1, 0.15) is 19.4 Å². The average Bonchev–Trinajstić information content (AvgIpc) is 2.53. The van der Waals surface area contributed by atoms with E-state index in [1.54, 1.807) is 0 Å². The molecule has 2 nitrogen and oxygen atoms in total. The van der Waals surface area contributed by atoms with Gasteiger partial charge in [0.1, 0.15) is 12.4 Å². The summed E-state index contributed by atoms with van der Waals surface area (Å²) >= 11 is 0. The Hall–Kier alpha value is -1.80. The van der Waals surface area contributed by atoms with Gasteiger partial charge in [-0.05, 0) is 48.8 Å². The van der Waals surface area contributed by atoms with Crippen LogP contribution in [0.15, 0.2) is 48.5 Å². The molecular weight excluding hydrogens is 258 g/mol. The van der Waals surface area contributed by atoms with Crippen molar-refractivity contribution in [3.63, 3.8) is 0 Å². The van der Waals surface area contributed by atoms with E-state index in [2.05, 4.69) is 74.2 Å². The molecule has 0 fully saturated rings. The summed E-state index contributed by atoms with van der Waals surface area (Å²) in [5, 5.41) is 0. The van der Waals surface area contributed by atoms with Crippen LogP contribution in [0.4, 0.5) is 0 Å². The zero-order valence-corrected chi connectivity index (χ0v) is 13.3. The van der Waals surface area contributed by atoms with E-state index in [9.17, 15) is 0 Å². The average molecular weight is 283 g/mol. The van der Waals surface area contributed by atoms with Crippen LogP contribution in [0.25, 0.3) is 11.1 Å². The summed E-state index contributed by atoms with van der Waals surface area (Å²) in [5.74, 6) is 0.944. The van der Waals surface area contributed by atoms with Crippen LogP contribution in [0.5, 0.6) is 5.75 Å². The van der Waals surface area contributed by atoms with Gasteiger partial charge in [-0.3, -0.25) is 0 Å². The molecule has 0 aliphatic rings. The number of hydrogen-bond donors (Lipinski definition) is 0. The van der Waals surface area contributed by atoms with Gasteiger partial charge in [-0.1, -0.05) is 50.2 Å². The molecule has 0 bridgehead atoms. The van der Waals surface area contributed by atoms with Crippen molar-refractivity contribution >= 4 is 0 Å². The summed E-state index contributed by atoms with van der Waals surface area (Å²) in [7, 11) is 0. The van der Waals surface area contributed by atoms with Gasteiger partial charge in [-0.25, -0.2) is 0 Å². The third kappa shape index (κ3) is 4.33. The maximum Gasteiger partial charge on any atom is 0.119 e. The lowest BCUT2D eigenvalue weighted by molar-refractivity contribution is 0.223. The van der Waals surface area contributed by atoms with E-state index >= 15 is 0 Å². The summed E-state index contributed by atoms with van der Waals surface area (Å²) in [6.45, 7) is 10.4. The van der Waals surface area contributed by atoms with Crippen LogP contribution >= 0.6 is 0 Å². The molecule has 2 aromatic rings. The first-order valence-electron chi connectivity index (χ1n) is 7.75. The highest BCUT2D eigenvalue weighted by atomic mass is 16.5. The van der Waals surface area contributed by atoms with Crippen LogP contribution in [0.2, 0.25) is 0 Å². The molecule has 2 rings (SSSR count). The topological polar surface area (TPSA) is 12.5 Å². The van der Waals surface area contributed by atoms with Gasteiger partial charge in [0, 0.05) is 6.54 Å². The van der Waals surface area contributed by atoms with Crippen LogP contribution in [-0.4, -0.2) is 31.1 Å². The van der Waals surface area contributed by atoms with Gasteiger partial charge in [0.05, 0.1) is 0 Å². The lowest BCUT2D eigenvalue weighted by Gasteiger charge is -2.18.